The summed E-state index contributed by atoms with van der Waals surface area (Å²) in [4.78, 5) is 10.4. The molecule has 0 radical (unpaired) electrons. The van der Waals surface area contributed by atoms with Crippen LogP contribution in [-0.4, -0.2) is 39.6 Å². The highest BCUT2D eigenvalue weighted by atomic mass is 19.4. The molecule has 3 N–H and O–H groups in total. The van der Waals surface area contributed by atoms with Crippen LogP contribution in [0, 0.1) is 11.8 Å². The Morgan fingerprint density at radius 1 is 1.22 bits per heavy atom. The van der Waals surface area contributed by atoms with E-state index in [2.05, 4.69) is 0 Å². The summed E-state index contributed by atoms with van der Waals surface area (Å²) in [7, 11) is 0. The number of aliphatic carboxylic acids is 1. The number of hydrogen-bond donors (Lipinski definition) is 3. The number of benzene rings is 1. The van der Waals surface area contributed by atoms with Gasteiger partial charge in [0.05, 0.1) is 23.9 Å². The molecular weight excluding hydrogens is 425 g/mol. The monoisotopic (exact) mass is 455 g/mol. The van der Waals surface area contributed by atoms with E-state index in [-0.39, 0.29) is 37.5 Å². The van der Waals surface area contributed by atoms with Crippen molar-refractivity contribution < 1.29 is 38.4 Å². The molecule has 1 aromatic carbocycles. The first-order chi connectivity index (χ1) is 15.1. The summed E-state index contributed by atoms with van der Waals surface area (Å²) in [6.07, 6.45) is 2.37. The van der Waals surface area contributed by atoms with E-state index in [0.717, 1.165) is 12.1 Å². The standard InChI is InChI=1S/C24H31F3O5/c25-24(26,27)17-7-5-6-16(14-17)10-11-18(28)12-13-20-19(21(29)15-22(20)30)8-3-1-2-4-9-23(31)32/h1,3,5-7,12-14,18-22,28-30H,2,4,8-11,15H2,(H,31,32)/p-1/b3-1-,13-12+/t18-,19+,20+,21-,22+/m0/s1. The van der Waals surface area contributed by atoms with Gasteiger partial charge in [0.2, 0.25) is 0 Å². The summed E-state index contributed by atoms with van der Waals surface area (Å²) in [6, 6.07) is 5.00. The molecule has 1 saturated carbocycles. The number of carboxylic acids is 1. The van der Waals surface area contributed by atoms with Crippen LogP contribution in [0.4, 0.5) is 13.2 Å². The third-order valence-electron chi connectivity index (χ3n) is 5.78. The van der Waals surface area contributed by atoms with E-state index in [4.69, 9.17) is 0 Å². The first kappa shape index (κ1) is 26.1. The molecule has 8 heteroatoms. The Morgan fingerprint density at radius 3 is 2.66 bits per heavy atom. The van der Waals surface area contributed by atoms with Gasteiger partial charge in [-0.25, -0.2) is 0 Å². The van der Waals surface area contributed by atoms with Crippen molar-refractivity contribution >= 4 is 5.97 Å². The molecule has 0 spiro atoms. The molecule has 1 fully saturated rings. The summed E-state index contributed by atoms with van der Waals surface area (Å²) in [5.41, 5.74) is -0.246. The molecule has 0 heterocycles. The van der Waals surface area contributed by atoms with Crippen molar-refractivity contribution in [3.8, 4) is 0 Å². The lowest BCUT2D eigenvalue weighted by atomic mass is 9.89. The molecule has 0 aromatic heterocycles. The normalized spacial score (nSPS) is 25.1. The van der Waals surface area contributed by atoms with E-state index in [9.17, 15) is 38.4 Å². The van der Waals surface area contributed by atoms with Gasteiger partial charge in [0.15, 0.2) is 0 Å². The summed E-state index contributed by atoms with van der Waals surface area (Å²) in [6.45, 7) is 0. The lowest BCUT2D eigenvalue weighted by Crippen LogP contribution is -2.21. The van der Waals surface area contributed by atoms with Crippen LogP contribution in [0.15, 0.2) is 48.6 Å². The highest BCUT2D eigenvalue weighted by molar-refractivity contribution is 5.64. The Balaban J connectivity index is 1.87. The topological polar surface area (TPSA) is 101 Å². The third kappa shape index (κ3) is 8.41. The van der Waals surface area contributed by atoms with Gasteiger partial charge < -0.3 is 25.2 Å². The van der Waals surface area contributed by atoms with E-state index in [0.29, 0.717) is 24.8 Å². The number of rotatable bonds is 11. The average molecular weight is 455 g/mol. The Kier molecular flexibility index (Phi) is 9.93. The van der Waals surface area contributed by atoms with E-state index in [1.807, 2.05) is 12.2 Å². The molecule has 0 unspecified atom stereocenters. The quantitative estimate of drug-likeness (QED) is 0.352. The maximum Gasteiger partial charge on any atom is 0.416 e. The van der Waals surface area contributed by atoms with E-state index < -0.39 is 36.0 Å². The maximum absolute atomic E-state index is 12.8. The predicted octanol–water partition coefficient (Wildman–Crippen LogP) is 2.78. The number of aryl methyl sites for hydroxylation is 1. The van der Waals surface area contributed by atoms with Gasteiger partial charge in [0.25, 0.3) is 0 Å². The van der Waals surface area contributed by atoms with Crippen LogP contribution in [0.5, 0.6) is 0 Å². The zero-order chi connectivity index (χ0) is 23.7. The van der Waals surface area contributed by atoms with Crippen LogP contribution in [0.1, 0.15) is 49.7 Å². The van der Waals surface area contributed by atoms with Crippen LogP contribution in [0.3, 0.4) is 0 Å². The van der Waals surface area contributed by atoms with E-state index in [1.54, 1.807) is 12.1 Å². The highest BCUT2D eigenvalue weighted by Crippen LogP contribution is 2.36. The molecule has 5 nitrogen and oxygen atoms in total. The van der Waals surface area contributed by atoms with Gasteiger partial charge in [0.1, 0.15) is 0 Å². The lowest BCUT2D eigenvalue weighted by Gasteiger charge is -2.19. The van der Waals surface area contributed by atoms with Crippen LogP contribution < -0.4 is 5.11 Å². The molecule has 32 heavy (non-hydrogen) atoms. The molecule has 1 aliphatic rings. The molecule has 0 saturated heterocycles. The summed E-state index contributed by atoms with van der Waals surface area (Å²) in [5.74, 6) is -1.69. The molecule has 5 atom stereocenters. The van der Waals surface area contributed by atoms with Crippen LogP contribution in [0.2, 0.25) is 0 Å². The van der Waals surface area contributed by atoms with E-state index in [1.165, 1.54) is 12.1 Å². The van der Waals surface area contributed by atoms with Crippen molar-refractivity contribution in [1.82, 2.24) is 0 Å². The number of carbonyl (C=O) groups excluding carboxylic acids is 1. The molecular formula is C24H30F3O5-. The van der Waals surface area contributed by atoms with Crippen molar-refractivity contribution in [1.29, 1.82) is 0 Å². The van der Waals surface area contributed by atoms with Crippen LogP contribution >= 0.6 is 0 Å². The van der Waals surface area contributed by atoms with Crippen LogP contribution in [-0.2, 0) is 17.4 Å². The van der Waals surface area contributed by atoms with Gasteiger partial charge in [-0.05, 0) is 56.1 Å². The zero-order valence-corrected chi connectivity index (χ0v) is 17.7. The minimum atomic E-state index is -4.41. The van der Waals surface area contributed by atoms with Crippen molar-refractivity contribution in [3.63, 3.8) is 0 Å². The predicted molar refractivity (Wildman–Crippen MR) is 111 cm³/mol. The fraction of sp³-hybridized carbons (Fsp3) is 0.542. The number of allylic oxidation sites excluding steroid dienone is 2. The van der Waals surface area contributed by atoms with Crippen molar-refractivity contribution in [2.75, 3.05) is 0 Å². The van der Waals surface area contributed by atoms with Gasteiger partial charge in [-0.2, -0.15) is 13.2 Å². The smallest absolute Gasteiger partial charge is 0.416 e. The third-order valence-corrected chi connectivity index (χ3v) is 5.78. The number of carbonyl (C=O) groups is 1. The number of halogens is 3. The van der Waals surface area contributed by atoms with Gasteiger partial charge in [-0.15, -0.1) is 0 Å². The summed E-state index contributed by atoms with van der Waals surface area (Å²) >= 11 is 0. The zero-order valence-electron chi connectivity index (χ0n) is 17.7. The first-order valence-electron chi connectivity index (χ1n) is 10.8. The number of hydrogen-bond acceptors (Lipinski definition) is 5. The molecule has 2 rings (SSSR count). The molecule has 1 aliphatic carbocycles. The number of aliphatic hydroxyl groups is 3. The summed E-state index contributed by atoms with van der Waals surface area (Å²) in [5, 5.41) is 41.1. The van der Waals surface area contributed by atoms with Crippen molar-refractivity contribution in [2.24, 2.45) is 11.8 Å². The number of unbranched alkanes of at least 4 members (excludes halogenated alkanes) is 1. The minimum absolute atomic E-state index is 0.0150. The second kappa shape index (κ2) is 12.2. The summed E-state index contributed by atoms with van der Waals surface area (Å²) < 4.78 is 38.4. The number of aliphatic hydroxyl groups excluding tert-OH is 3. The fourth-order valence-corrected chi connectivity index (χ4v) is 4.01. The molecule has 1 aromatic rings. The van der Waals surface area contributed by atoms with E-state index >= 15 is 0 Å². The van der Waals surface area contributed by atoms with Crippen LogP contribution in [0.25, 0.3) is 0 Å². The molecule has 178 valence electrons. The molecule has 0 aliphatic heterocycles. The second-order valence-electron chi connectivity index (χ2n) is 8.27. The largest absolute Gasteiger partial charge is 0.550 e. The minimum Gasteiger partial charge on any atom is -0.550 e. The maximum atomic E-state index is 12.8. The lowest BCUT2D eigenvalue weighted by molar-refractivity contribution is -0.305. The van der Waals surface area contributed by atoms with Gasteiger partial charge in [-0.3, -0.25) is 0 Å². The fourth-order valence-electron chi connectivity index (χ4n) is 4.01. The first-order valence-corrected chi connectivity index (χ1v) is 10.8. The Bertz CT molecular complexity index is 790. The SMILES string of the molecule is O=C([O-])CCC/C=C\C[C@@H]1[C@@H](/C=C/[C@@H](O)CCc2cccc(C(F)(F)F)c2)[C@H](O)C[C@@H]1O. The van der Waals surface area contributed by atoms with Crippen molar-refractivity contribution in [3.05, 3.63) is 59.7 Å². The van der Waals surface area contributed by atoms with Gasteiger partial charge >= 0.3 is 6.18 Å². The average Bonchev–Trinajstić information content (AvgIpc) is 2.99. The Morgan fingerprint density at radius 2 is 1.97 bits per heavy atom. The Labute approximate surface area is 185 Å². The number of carboxylic acid groups (broad SMARTS) is 1. The van der Waals surface area contributed by atoms with Gasteiger partial charge in [0, 0.05) is 18.3 Å². The second-order valence-corrected chi connectivity index (χ2v) is 8.27. The van der Waals surface area contributed by atoms with Crippen molar-refractivity contribution in [2.45, 2.75) is 69.4 Å². The Hall–Kier alpha value is -2.16. The number of alkyl halides is 3. The molecule has 0 bridgehead atoms. The molecule has 0 amide bonds. The van der Waals surface area contributed by atoms with Gasteiger partial charge in [-0.1, -0.05) is 42.5 Å². The highest BCUT2D eigenvalue weighted by Gasteiger charge is 2.39.